The molecule has 336 valence electrons. The number of benzene rings is 2. The minimum absolute atomic E-state index is 0.0399. The first-order chi connectivity index (χ1) is 29.2. The van der Waals surface area contributed by atoms with Gasteiger partial charge in [0, 0.05) is 26.1 Å². The lowest BCUT2D eigenvalue weighted by Gasteiger charge is -2.19. The van der Waals surface area contributed by atoms with Crippen LogP contribution in [0.3, 0.4) is 0 Å². The number of nitrogens with zero attached hydrogens (tertiary/aromatic N) is 1. The molecule has 2 aromatic rings. The van der Waals surface area contributed by atoms with E-state index in [-0.39, 0.29) is 12.0 Å². The van der Waals surface area contributed by atoms with Crippen LogP contribution in [-0.2, 0) is 52.1 Å². The van der Waals surface area contributed by atoms with Crippen LogP contribution in [0, 0.1) is 0 Å². The molecule has 0 heterocycles. The van der Waals surface area contributed by atoms with Gasteiger partial charge in [-0.15, -0.1) is 0 Å². The minimum atomic E-state index is -0.362. The van der Waals surface area contributed by atoms with Crippen molar-refractivity contribution in [2.45, 2.75) is 64.2 Å². The van der Waals surface area contributed by atoms with E-state index in [1.807, 2.05) is 24.3 Å². The van der Waals surface area contributed by atoms with Gasteiger partial charge in [-0.3, -0.25) is 0 Å². The summed E-state index contributed by atoms with van der Waals surface area (Å²) >= 11 is 0. The van der Waals surface area contributed by atoms with Crippen molar-refractivity contribution in [1.29, 1.82) is 0 Å². The molecule has 0 saturated heterocycles. The summed E-state index contributed by atoms with van der Waals surface area (Å²) in [5, 5.41) is 0. The molecule has 0 fully saturated rings. The summed E-state index contributed by atoms with van der Waals surface area (Å²) in [6, 6.07) is 16.6. The van der Waals surface area contributed by atoms with E-state index >= 15 is 0 Å². The van der Waals surface area contributed by atoms with E-state index in [4.69, 9.17) is 52.1 Å². The van der Waals surface area contributed by atoms with Crippen molar-refractivity contribution >= 4 is 6.09 Å². The highest BCUT2D eigenvalue weighted by molar-refractivity contribution is 5.79. The number of carbonyl (C=O) groups is 1. The smallest absolute Gasteiger partial charge is 0.409 e. The molecule has 13 heteroatoms. The number of hydrogen-bond donors (Lipinski definition) is 0. The molecule has 0 aliphatic heterocycles. The second-order valence-corrected chi connectivity index (χ2v) is 14.3. The zero-order valence-electron chi connectivity index (χ0n) is 36.3. The highest BCUT2D eigenvalue weighted by Crippen LogP contribution is 2.44. The van der Waals surface area contributed by atoms with Crippen LogP contribution in [-0.4, -0.2) is 163 Å². The maximum absolute atomic E-state index is 12.6. The SMILES string of the molecule is CCCCCCCCCCOCCOCCOCCOCCOCCOCCOCCOCCOCCOCCN(C)C(=O)OCC1c2ccccc2-c2ccccc21. The van der Waals surface area contributed by atoms with Crippen molar-refractivity contribution in [3.8, 4) is 11.1 Å². The van der Waals surface area contributed by atoms with Crippen molar-refractivity contribution in [3.05, 3.63) is 59.7 Å². The molecular weight excluding hydrogens is 759 g/mol. The van der Waals surface area contributed by atoms with E-state index < -0.39 is 0 Å². The Kier molecular flexibility index (Phi) is 30.9. The highest BCUT2D eigenvalue weighted by atomic mass is 16.6. The van der Waals surface area contributed by atoms with E-state index in [0.29, 0.717) is 139 Å². The molecule has 0 saturated carbocycles. The van der Waals surface area contributed by atoms with Crippen molar-refractivity contribution in [2.75, 3.05) is 152 Å². The lowest BCUT2D eigenvalue weighted by molar-refractivity contribution is -0.0266. The molecule has 1 amide bonds. The third kappa shape index (κ3) is 24.4. The summed E-state index contributed by atoms with van der Waals surface area (Å²) in [5.41, 5.74) is 4.81. The first-order valence-electron chi connectivity index (χ1n) is 22.1. The predicted molar refractivity (Wildman–Crippen MR) is 228 cm³/mol. The third-order valence-corrected chi connectivity index (χ3v) is 9.71. The lowest BCUT2D eigenvalue weighted by atomic mass is 9.98. The van der Waals surface area contributed by atoms with E-state index in [0.717, 1.165) is 13.0 Å². The number of fused-ring (bicyclic) bond motifs is 3. The fourth-order valence-electron chi connectivity index (χ4n) is 6.42. The van der Waals surface area contributed by atoms with Crippen LogP contribution >= 0.6 is 0 Å². The largest absolute Gasteiger partial charge is 0.448 e. The number of carbonyl (C=O) groups excluding carboxylic acids is 1. The minimum Gasteiger partial charge on any atom is -0.448 e. The van der Waals surface area contributed by atoms with Gasteiger partial charge in [-0.2, -0.15) is 0 Å². The van der Waals surface area contributed by atoms with E-state index in [2.05, 4.69) is 31.2 Å². The fraction of sp³-hybridized carbons (Fsp3) is 0.717. The van der Waals surface area contributed by atoms with Gasteiger partial charge < -0.3 is 57.0 Å². The average Bonchev–Trinajstić information content (AvgIpc) is 3.58. The highest BCUT2D eigenvalue weighted by Gasteiger charge is 2.29. The fourth-order valence-corrected chi connectivity index (χ4v) is 6.42. The molecule has 0 bridgehead atoms. The number of rotatable bonds is 41. The van der Waals surface area contributed by atoms with Crippen molar-refractivity contribution in [2.24, 2.45) is 0 Å². The van der Waals surface area contributed by atoms with Crippen molar-refractivity contribution in [3.63, 3.8) is 0 Å². The first kappa shape index (κ1) is 50.7. The second kappa shape index (κ2) is 36.0. The number of ether oxygens (including phenoxy) is 11. The van der Waals surface area contributed by atoms with Crippen molar-refractivity contribution in [1.82, 2.24) is 4.90 Å². The van der Waals surface area contributed by atoms with Crippen LogP contribution in [0.5, 0.6) is 0 Å². The predicted octanol–water partition coefficient (Wildman–Crippen LogP) is 7.17. The Labute approximate surface area is 354 Å². The van der Waals surface area contributed by atoms with Gasteiger partial charge in [0.1, 0.15) is 6.61 Å². The van der Waals surface area contributed by atoms with E-state index in [1.165, 1.54) is 72.1 Å². The summed E-state index contributed by atoms with van der Waals surface area (Å²) < 4.78 is 61.2. The number of unbranched alkanes of at least 4 members (excludes halogenated alkanes) is 7. The van der Waals surface area contributed by atoms with Gasteiger partial charge in [-0.25, -0.2) is 4.79 Å². The van der Waals surface area contributed by atoms with Gasteiger partial charge in [0.15, 0.2) is 0 Å². The maximum atomic E-state index is 12.6. The number of hydrogen-bond acceptors (Lipinski definition) is 12. The molecule has 0 N–H and O–H groups in total. The molecule has 0 spiro atoms. The molecule has 0 atom stereocenters. The van der Waals surface area contributed by atoms with Gasteiger partial charge in [0.05, 0.1) is 126 Å². The third-order valence-electron chi connectivity index (χ3n) is 9.71. The monoisotopic (exact) mass is 834 g/mol. The number of amides is 1. The van der Waals surface area contributed by atoms with Crippen LogP contribution in [0.2, 0.25) is 0 Å². The Balaban J connectivity index is 0.945. The lowest BCUT2D eigenvalue weighted by Crippen LogP contribution is -2.32. The zero-order chi connectivity index (χ0) is 41.7. The molecule has 13 nitrogen and oxygen atoms in total. The zero-order valence-corrected chi connectivity index (χ0v) is 36.3. The van der Waals surface area contributed by atoms with E-state index in [9.17, 15) is 4.79 Å². The Morgan fingerprint density at radius 3 is 1.15 bits per heavy atom. The van der Waals surface area contributed by atoms with Crippen molar-refractivity contribution < 1.29 is 56.9 Å². The molecule has 0 aromatic heterocycles. The normalized spacial score (nSPS) is 12.2. The topological polar surface area (TPSA) is 122 Å². The Morgan fingerprint density at radius 1 is 0.441 bits per heavy atom. The molecule has 59 heavy (non-hydrogen) atoms. The average molecular weight is 834 g/mol. The molecular formula is C46H75NO12. The van der Waals surface area contributed by atoms with Gasteiger partial charge >= 0.3 is 6.09 Å². The van der Waals surface area contributed by atoms with Crippen LogP contribution in [0.1, 0.15) is 75.3 Å². The Morgan fingerprint density at radius 2 is 0.763 bits per heavy atom. The molecule has 1 aliphatic carbocycles. The summed E-state index contributed by atoms with van der Waals surface area (Å²) in [7, 11) is 1.72. The molecule has 1 aliphatic rings. The van der Waals surface area contributed by atoms with Crippen LogP contribution < -0.4 is 0 Å². The quantitative estimate of drug-likeness (QED) is 0.0632. The summed E-state index contributed by atoms with van der Waals surface area (Å²) in [4.78, 5) is 14.2. The van der Waals surface area contributed by atoms with Crippen LogP contribution in [0.4, 0.5) is 4.79 Å². The van der Waals surface area contributed by atoms with Gasteiger partial charge in [0.2, 0.25) is 0 Å². The van der Waals surface area contributed by atoms with Crippen LogP contribution in [0.15, 0.2) is 48.5 Å². The molecule has 2 aromatic carbocycles. The van der Waals surface area contributed by atoms with E-state index in [1.54, 1.807) is 7.05 Å². The van der Waals surface area contributed by atoms with Gasteiger partial charge in [0.25, 0.3) is 0 Å². The Bertz CT molecular complexity index is 1240. The molecule has 0 unspecified atom stereocenters. The summed E-state index contributed by atoms with van der Waals surface area (Å²) in [6.45, 7) is 13.5. The molecule has 3 rings (SSSR count). The van der Waals surface area contributed by atoms with Gasteiger partial charge in [-0.1, -0.05) is 100 Å². The van der Waals surface area contributed by atoms with Gasteiger partial charge in [-0.05, 0) is 28.7 Å². The summed E-state index contributed by atoms with van der Waals surface area (Å²) in [6.07, 6.45) is 10.1. The standard InChI is InChI=1S/C46H75NO12/c1-3-4-5-6-7-8-9-14-20-49-22-24-51-26-28-53-30-32-55-34-36-57-38-39-58-37-35-56-33-31-54-29-27-52-25-23-50-21-19-47(2)46(48)59-40-45-43-17-12-10-15-41(43)42-16-11-13-18-44(42)45/h10-13,15-18,45H,3-9,14,19-40H2,1-2H3. The first-order valence-corrected chi connectivity index (χ1v) is 22.1. The number of likely N-dealkylation sites (N-methyl/N-ethyl adjacent to an activating group) is 1. The second-order valence-electron chi connectivity index (χ2n) is 14.3. The maximum Gasteiger partial charge on any atom is 0.409 e. The molecule has 0 radical (unpaired) electrons. The van der Waals surface area contributed by atoms with Crippen LogP contribution in [0.25, 0.3) is 11.1 Å². The Hall–Kier alpha value is -2.69. The summed E-state index contributed by atoms with van der Waals surface area (Å²) in [5.74, 6) is 0.0399.